The molecule has 5 atom stereocenters. The monoisotopic (exact) mass is 488 g/mol. The number of Topliss-reactive ketones (excluding diaryl/α,β-unsaturated/α-hetero) is 1. The van der Waals surface area contributed by atoms with Gasteiger partial charge in [-0.2, -0.15) is 0 Å². The molecule has 0 amide bonds. The summed E-state index contributed by atoms with van der Waals surface area (Å²) < 4.78 is 6.19. The van der Waals surface area contributed by atoms with Crippen LogP contribution >= 0.6 is 22.9 Å². The Bertz CT molecular complexity index is 1010. The summed E-state index contributed by atoms with van der Waals surface area (Å²) in [5.41, 5.74) is 13.2. The van der Waals surface area contributed by atoms with Crippen molar-refractivity contribution in [1.29, 1.82) is 0 Å². The first-order chi connectivity index (χ1) is 15.9. The molecule has 4 rings (SSSR count). The minimum absolute atomic E-state index is 0.116. The maximum Gasteiger partial charge on any atom is 0.208 e. The Morgan fingerprint density at radius 3 is 2.91 bits per heavy atom. The van der Waals surface area contributed by atoms with E-state index in [2.05, 4.69) is 22.5 Å². The van der Waals surface area contributed by atoms with E-state index in [9.17, 15) is 4.79 Å². The number of halogens is 1. The number of ketones is 1. The second kappa shape index (κ2) is 10.6. The van der Waals surface area contributed by atoms with Crippen LogP contribution in [0, 0.1) is 24.7 Å². The van der Waals surface area contributed by atoms with E-state index in [-0.39, 0.29) is 23.8 Å². The molecule has 1 aromatic heterocycles. The molecule has 5 unspecified atom stereocenters. The molecule has 0 radical (unpaired) electrons. The van der Waals surface area contributed by atoms with Gasteiger partial charge in [0.05, 0.1) is 16.6 Å². The first kappa shape index (κ1) is 24.2. The first-order valence-electron chi connectivity index (χ1n) is 11.6. The lowest BCUT2D eigenvalue weighted by atomic mass is 9.78. The summed E-state index contributed by atoms with van der Waals surface area (Å²) in [7, 11) is 1.68. The van der Waals surface area contributed by atoms with Crippen molar-refractivity contribution >= 4 is 34.6 Å². The third-order valence-electron chi connectivity index (χ3n) is 7.04. The van der Waals surface area contributed by atoms with Gasteiger partial charge in [-0.1, -0.05) is 23.8 Å². The average Bonchev–Trinajstić information content (AvgIpc) is 3.44. The summed E-state index contributed by atoms with van der Waals surface area (Å²) in [6, 6.07) is 2.22. The molecular formula is C25H33ClN4O2S. The smallest absolute Gasteiger partial charge is 0.208 e. The van der Waals surface area contributed by atoms with Gasteiger partial charge in [0.1, 0.15) is 5.84 Å². The van der Waals surface area contributed by atoms with Crippen LogP contribution in [0.2, 0.25) is 0 Å². The minimum Gasteiger partial charge on any atom is -0.404 e. The number of hydrogen-bond donors (Lipinski definition) is 3. The molecule has 6 nitrogen and oxygen atoms in total. The maximum atomic E-state index is 13.5. The molecule has 178 valence electrons. The van der Waals surface area contributed by atoms with E-state index in [1.54, 1.807) is 7.05 Å². The van der Waals surface area contributed by atoms with Crippen molar-refractivity contribution in [3.8, 4) is 0 Å². The molecule has 0 spiro atoms. The number of carbonyl (C=O) groups excluding carboxylic acids is 1. The quantitative estimate of drug-likeness (QED) is 0.241. The van der Waals surface area contributed by atoms with E-state index < -0.39 is 0 Å². The largest absolute Gasteiger partial charge is 0.404 e. The van der Waals surface area contributed by atoms with Gasteiger partial charge >= 0.3 is 0 Å². The van der Waals surface area contributed by atoms with E-state index in [0.29, 0.717) is 41.3 Å². The zero-order valence-electron chi connectivity index (χ0n) is 19.2. The van der Waals surface area contributed by atoms with Crippen LogP contribution in [-0.2, 0) is 4.74 Å². The van der Waals surface area contributed by atoms with Gasteiger partial charge < -0.3 is 21.5 Å². The highest BCUT2D eigenvalue weighted by atomic mass is 35.5. The highest BCUT2D eigenvalue weighted by molar-refractivity contribution is 7.14. The summed E-state index contributed by atoms with van der Waals surface area (Å²) in [6.07, 6.45) is 11.5. The van der Waals surface area contributed by atoms with Gasteiger partial charge in [0.2, 0.25) is 5.78 Å². The first-order valence-corrected chi connectivity index (χ1v) is 12.8. The summed E-state index contributed by atoms with van der Waals surface area (Å²) in [5, 5.41) is 4.17. The summed E-state index contributed by atoms with van der Waals surface area (Å²) in [5.74, 6) is 1.50. The molecular weight excluding hydrogens is 456 g/mol. The topological polar surface area (TPSA) is 103 Å². The van der Waals surface area contributed by atoms with Gasteiger partial charge in [0.15, 0.2) is 0 Å². The Morgan fingerprint density at radius 2 is 2.21 bits per heavy atom. The Morgan fingerprint density at radius 1 is 1.39 bits per heavy atom. The van der Waals surface area contributed by atoms with Gasteiger partial charge in [0.25, 0.3) is 0 Å². The van der Waals surface area contributed by atoms with Gasteiger partial charge in [-0.3, -0.25) is 9.79 Å². The molecule has 2 aliphatic carbocycles. The number of amidine groups is 1. The SMILES string of the molecule is C/N=C(NC1CCC(CN)C1)\C(=C/N)C(=O)c1cc(C2OCCC3C=CC(Cl)=CC32)c(C)s1. The van der Waals surface area contributed by atoms with E-state index in [4.69, 9.17) is 27.8 Å². The van der Waals surface area contributed by atoms with Crippen molar-refractivity contribution in [2.45, 2.75) is 44.8 Å². The summed E-state index contributed by atoms with van der Waals surface area (Å²) in [4.78, 5) is 19.6. The van der Waals surface area contributed by atoms with Crippen molar-refractivity contribution in [2.24, 2.45) is 34.2 Å². The zero-order chi connectivity index (χ0) is 23.5. The second-order valence-electron chi connectivity index (χ2n) is 9.09. The van der Waals surface area contributed by atoms with Crippen molar-refractivity contribution in [3.05, 3.63) is 56.4 Å². The number of rotatable bonds is 6. The highest BCUT2D eigenvalue weighted by Gasteiger charge is 2.36. The number of ether oxygens (including phenoxy) is 1. The lowest BCUT2D eigenvalue weighted by Gasteiger charge is -2.37. The predicted molar refractivity (Wildman–Crippen MR) is 136 cm³/mol. The van der Waals surface area contributed by atoms with Gasteiger partial charge in [-0.05, 0) is 68.7 Å². The number of nitrogens with zero attached hydrogens (tertiary/aromatic N) is 1. The van der Waals surface area contributed by atoms with Crippen LogP contribution in [-0.4, -0.2) is 37.9 Å². The number of fused-ring (bicyclic) bond motifs is 1. The molecule has 3 aliphatic rings. The minimum atomic E-state index is -0.122. The average molecular weight is 489 g/mol. The lowest BCUT2D eigenvalue weighted by Crippen LogP contribution is -2.36. The fourth-order valence-electron chi connectivity index (χ4n) is 5.21. The number of nitrogens with two attached hydrogens (primary N) is 2. The Kier molecular flexibility index (Phi) is 7.74. The van der Waals surface area contributed by atoms with Crippen LogP contribution < -0.4 is 16.8 Å². The van der Waals surface area contributed by atoms with Crippen LogP contribution in [0.1, 0.15) is 51.9 Å². The van der Waals surface area contributed by atoms with Gasteiger partial charge in [-0.15, -0.1) is 11.3 Å². The molecule has 33 heavy (non-hydrogen) atoms. The van der Waals surface area contributed by atoms with Gasteiger partial charge in [-0.25, -0.2) is 0 Å². The highest BCUT2D eigenvalue weighted by Crippen LogP contribution is 2.44. The number of hydrogen-bond acceptors (Lipinski definition) is 6. The number of thiophene rings is 1. The fourth-order valence-corrected chi connectivity index (χ4v) is 6.44. The third-order valence-corrected chi connectivity index (χ3v) is 8.36. The van der Waals surface area contributed by atoms with Crippen LogP contribution in [0.25, 0.3) is 0 Å². The second-order valence-corrected chi connectivity index (χ2v) is 10.8. The zero-order valence-corrected chi connectivity index (χ0v) is 20.8. The van der Waals surface area contributed by atoms with Crippen molar-refractivity contribution in [3.63, 3.8) is 0 Å². The Labute approximate surface area is 204 Å². The molecule has 0 aromatic carbocycles. The number of aryl methyl sites for hydroxylation is 1. The van der Waals surface area contributed by atoms with E-state index in [0.717, 1.165) is 41.2 Å². The summed E-state index contributed by atoms with van der Waals surface area (Å²) >= 11 is 7.78. The van der Waals surface area contributed by atoms with E-state index in [1.165, 1.54) is 17.5 Å². The molecule has 2 heterocycles. The van der Waals surface area contributed by atoms with Crippen LogP contribution in [0.15, 0.2) is 46.1 Å². The third kappa shape index (κ3) is 5.11. The number of carbonyl (C=O) groups is 1. The molecule has 1 aromatic rings. The van der Waals surface area contributed by atoms with Crippen LogP contribution in [0.3, 0.4) is 0 Å². The molecule has 1 aliphatic heterocycles. The maximum absolute atomic E-state index is 13.5. The van der Waals surface area contributed by atoms with Crippen LogP contribution in [0.4, 0.5) is 0 Å². The standard InChI is InChI=1S/C25H33ClN4O2S/c1-14-19(24-20-10-17(26)5-4-16(20)7-8-32-24)11-22(33-14)23(31)21(13-28)25(29-2)30-18-6-3-15(9-18)12-27/h4-5,10-11,13,15-16,18,20,24H,3,6-9,12,27-28H2,1-2H3,(H,29,30)/b21-13-. The van der Waals surface area contributed by atoms with Crippen molar-refractivity contribution < 1.29 is 9.53 Å². The summed E-state index contributed by atoms with van der Waals surface area (Å²) in [6.45, 7) is 3.42. The number of nitrogens with one attached hydrogen (secondary N) is 1. The van der Waals surface area contributed by atoms with Crippen LogP contribution in [0.5, 0.6) is 0 Å². The van der Waals surface area contributed by atoms with E-state index in [1.807, 2.05) is 19.1 Å². The Hall–Kier alpha value is -1.93. The normalized spacial score (nSPS) is 30.2. The number of allylic oxidation sites excluding steroid dienone is 3. The van der Waals surface area contributed by atoms with Crippen molar-refractivity contribution in [1.82, 2.24) is 5.32 Å². The molecule has 1 saturated heterocycles. The Balaban J connectivity index is 1.53. The molecule has 8 heteroatoms. The predicted octanol–water partition coefficient (Wildman–Crippen LogP) is 4.21. The number of aliphatic imine (C=N–C) groups is 1. The molecule has 1 saturated carbocycles. The van der Waals surface area contributed by atoms with Crippen molar-refractivity contribution in [2.75, 3.05) is 20.2 Å². The van der Waals surface area contributed by atoms with Gasteiger partial charge in [0, 0.05) is 41.7 Å². The molecule has 0 bridgehead atoms. The molecule has 2 fully saturated rings. The fraction of sp³-hybridized carbons (Fsp3) is 0.520. The molecule has 5 N–H and O–H groups in total. The lowest BCUT2D eigenvalue weighted by molar-refractivity contribution is -0.0317. The van der Waals surface area contributed by atoms with E-state index >= 15 is 0 Å².